The zero-order valence-electron chi connectivity index (χ0n) is 15.3. The Morgan fingerprint density at radius 1 is 1.03 bits per heavy atom. The molecule has 6 heteroatoms. The van der Waals surface area contributed by atoms with Crippen molar-refractivity contribution >= 4 is 45.1 Å². The molecule has 4 nitrogen and oxygen atoms in total. The number of hydrogen-bond donors (Lipinski definition) is 1. The molecule has 1 heterocycles. The molecule has 144 valence electrons. The van der Waals surface area contributed by atoms with E-state index in [-0.39, 0.29) is 5.91 Å². The number of fused-ring (bicyclic) bond motifs is 1. The van der Waals surface area contributed by atoms with Gasteiger partial charge in [-0.2, -0.15) is 5.10 Å². The molecule has 0 aliphatic heterocycles. The second kappa shape index (κ2) is 8.90. The summed E-state index contributed by atoms with van der Waals surface area (Å²) in [6, 6.07) is 25.1. The first-order valence-corrected chi connectivity index (χ1v) is 10.2. The van der Waals surface area contributed by atoms with E-state index in [2.05, 4.69) is 10.5 Å². The van der Waals surface area contributed by atoms with Crippen molar-refractivity contribution in [1.82, 2.24) is 5.43 Å². The van der Waals surface area contributed by atoms with E-state index >= 15 is 0 Å². The number of carbonyl (C=O) groups excluding carboxylic acids is 1. The zero-order chi connectivity index (χ0) is 20.1. The maximum Gasteiger partial charge on any atom is 0.283 e. The molecule has 0 bridgehead atoms. The monoisotopic (exact) mass is 420 g/mol. The molecule has 0 radical (unpaired) electrons. The number of halogens is 1. The second-order valence-electron chi connectivity index (χ2n) is 6.29. The Kier molecular flexibility index (Phi) is 5.89. The van der Waals surface area contributed by atoms with Crippen LogP contribution in [0.2, 0.25) is 5.02 Å². The molecule has 0 saturated carbocycles. The summed E-state index contributed by atoms with van der Waals surface area (Å²) in [7, 11) is 0. The van der Waals surface area contributed by atoms with Gasteiger partial charge in [0.15, 0.2) is 0 Å². The van der Waals surface area contributed by atoms with Crippen molar-refractivity contribution < 1.29 is 9.53 Å². The van der Waals surface area contributed by atoms with Gasteiger partial charge >= 0.3 is 0 Å². The van der Waals surface area contributed by atoms with E-state index in [1.54, 1.807) is 6.21 Å². The predicted molar refractivity (Wildman–Crippen MR) is 119 cm³/mol. The van der Waals surface area contributed by atoms with Crippen molar-refractivity contribution in [3.63, 3.8) is 0 Å². The van der Waals surface area contributed by atoms with Gasteiger partial charge in [-0.15, -0.1) is 11.3 Å². The third-order valence-corrected chi connectivity index (χ3v) is 5.90. The van der Waals surface area contributed by atoms with Crippen molar-refractivity contribution in [3.05, 3.63) is 99.9 Å². The van der Waals surface area contributed by atoms with Crippen LogP contribution in [-0.4, -0.2) is 12.1 Å². The number of nitrogens with zero attached hydrogens (tertiary/aromatic N) is 1. The third-order valence-electron chi connectivity index (χ3n) is 4.23. The average molecular weight is 421 g/mol. The van der Waals surface area contributed by atoms with Crippen LogP contribution in [0.15, 0.2) is 84.0 Å². The Balaban J connectivity index is 1.40. The Labute approximate surface area is 177 Å². The molecule has 0 spiro atoms. The minimum Gasteiger partial charge on any atom is -0.489 e. The lowest BCUT2D eigenvalue weighted by Gasteiger charge is -2.06. The van der Waals surface area contributed by atoms with Gasteiger partial charge in [-0.05, 0) is 29.3 Å². The Morgan fingerprint density at radius 3 is 2.66 bits per heavy atom. The van der Waals surface area contributed by atoms with Crippen molar-refractivity contribution in [2.75, 3.05) is 0 Å². The highest BCUT2D eigenvalue weighted by molar-refractivity contribution is 7.21. The summed E-state index contributed by atoms with van der Waals surface area (Å²) < 4.78 is 6.78. The van der Waals surface area contributed by atoms with E-state index in [0.717, 1.165) is 27.0 Å². The molecule has 4 rings (SSSR count). The number of rotatable bonds is 6. The number of hydrogen-bond acceptors (Lipinski definition) is 4. The van der Waals surface area contributed by atoms with Gasteiger partial charge in [-0.25, -0.2) is 5.43 Å². The molecule has 3 aromatic carbocycles. The van der Waals surface area contributed by atoms with Crippen molar-refractivity contribution in [2.24, 2.45) is 5.10 Å². The number of hydrazone groups is 1. The predicted octanol–water partition coefficient (Wildman–Crippen LogP) is 5.90. The van der Waals surface area contributed by atoms with Crippen LogP contribution in [-0.2, 0) is 6.61 Å². The van der Waals surface area contributed by atoms with Crippen LogP contribution in [0.5, 0.6) is 5.75 Å². The fraction of sp³-hybridized carbons (Fsp3) is 0.0435. The maximum absolute atomic E-state index is 12.4. The largest absolute Gasteiger partial charge is 0.489 e. The van der Waals surface area contributed by atoms with Crippen LogP contribution in [0.1, 0.15) is 20.8 Å². The fourth-order valence-electron chi connectivity index (χ4n) is 2.80. The van der Waals surface area contributed by atoms with E-state index in [4.69, 9.17) is 16.3 Å². The highest BCUT2D eigenvalue weighted by atomic mass is 35.5. The van der Waals surface area contributed by atoms with Crippen LogP contribution < -0.4 is 10.2 Å². The lowest BCUT2D eigenvalue weighted by Crippen LogP contribution is -2.16. The maximum atomic E-state index is 12.4. The Hall–Kier alpha value is -3.15. The molecule has 0 aliphatic carbocycles. The fourth-order valence-corrected chi connectivity index (χ4v) is 4.21. The van der Waals surface area contributed by atoms with Gasteiger partial charge in [0.25, 0.3) is 5.91 Å². The van der Waals surface area contributed by atoms with E-state index in [1.807, 2.05) is 78.9 Å². The SMILES string of the molecule is O=C(N/N=C/c1cccc(OCc2ccccc2)c1)c1sc2ccccc2c1Cl. The second-order valence-corrected chi connectivity index (χ2v) is 7.72. The summed E-state index contributed by atoms with van der Waals surface area (Å²) in [5.74, 6) is 0.403. The van der Waals surface area contributed by atoms with Gasteiger partial charge < -0.3 is 4.74 Å². The van der Waals surface area contributed by atoms with Crippen LogP contribution in [0.25, 0.3) is 10.1 Å². The van der Waals surface area contributed by atoms with Gasteiger partial charge in [0.1, 0.15) is 17.2 Å². The molecule has 1 amide bonds. The van der Waals surface area contributed by atoms with Crippen molar-refractivity contribution in [2.45, 2.75) is 6.61 Å². The topological polar surface area (TPSA) is 50.7 Å². The quantitative estimate of drug-likeness (QED) is 0.312. The smallest absolute Gasteiger partial charge is 0.283 e. The molecule has 4 aromatic rings. The van der Waals surface area contributed by atoms with E-state index in [1.165, 1.54) is 11.3 Å². The summed E-state index contributed by atoms with van der Waals surface area (Å²) in [4.78, 5) is 12.9. The highest BCUT2D eigenvalue weighted by Crippen LogP contribution is 2.34. The van der Waals surface area contributed by atoms with Gasteiger partial charge in [-0.1, -0.05) is 72.3 Å². The van der Waals surface area contributed by atoms with Crippen LogP contribution in [0.4, 0.5) is 0 Å². The lowest BCUT2D eigenvalue weighted by atomic mass is 10.2. The minimum atomic E-state index is -0.330. The van der Waals surface area contributed by atoms with Crippen molar-refractivity contribution in [1.29, 1.82) is 0 Å². The summed E-state index contributed by atoms with van der Waals surface area (Å²) in [5, 5.41) is 5.38. The molecule has 1 aromatic heterocycles. The number of amides is 1. The molecule has 0 saturated heterocycles. The van der Waals surface area contributed by atoms with E-state index in [0.29, 0.717) is 16.5 Å². The third kappa shape index (κ3) is 4.65. The standard InChI is InChI=1S/C23H17ClN2O2S/c24-21-19-11-4-5-12-20(19)29-22(21)23(27)26-25-14-17-9-6-10-18(13-17)28-15-16-7-2-1-3-8-16/h1-14H,15H2,(H,26,27)/b25-14+. The van der Waals surface area contributed by atoms with Crippen LogP contribution in [0, 0.1) is 0 Å². The highest BCUT2D eigenvalue weighted by Gasteiger charge is 2.16. The molecule has 29 heavy (non-hydrogen) atoms. The van der Waals surface area contributed by atoms with E-state index < -0.39 is 0 Å². The number of carbonyl (C=O) groups is 1. The van der Waals surface area contributed by atoms with E-state index in [9.17, 15) is 4.79 Å². The number of thiophene rings is 1. The first-order chi connectivity index (χ1) is 14.2. The Morgan fingerprint density at radius 2 is 1.83 bits per heavy atom. The first kappa shape index (κ1) is 19.2. The number of ether oxygens (including phenoxy) is 1. The molecule has 0 unspecified atom stereocenters. The molecule has 0 atom stereocenters. The van der Waals surface area contributed by atoms with Gasteiger partial charge in [0.05, 0.1) is 11.2 Å². The molecular weight excluding hydrogens is 404 g/mol. The Bertz CT molecular complexity index is 1170. The molecular formula is C23H17ClN2O2S. The molecule has 1 N–H and O–H groups in total. The normalized spacial score (nSPS) is 11.1. The minimum absolute atomic E-state index is 0.330. The summed E-state index contributed by atoms with van der Waals surface area (Å²) in [6.07, 6.45) is 1.58. The van der Waals surface area contributed by atoms with Crippen molar-refractivity contribution in [3.8, 4) is 5.75 Å². The lowest BCUT2D eigenvalue weighted by molar-refractivity contribution is 0.0959. The van der Waals surface area contributed by atoms with Crippen LogP contribution in [0.3, 0.4) is 0 Å². The summed E-state index contributed by atoms with van der Waals surface area (Å²) in [5.41, 5.74) is 4.46. The zero-order valence-corrected chi connectivity index (χ0v) is 16.9. The summed E-state index contributed by atoms with van der Waals surface area (Å²) >= 11 is 7.68. The van der Waals surface area contributed by atoms with Gasteiger partial charge in [0, 0.05) is 10.1 Å². The van der Waals surface area contributed by atoms with Crippen LogP contribution >= 0.6 is 22.9 Å². The number of nitrogens with one attached hydrogen (secondary N) is 1. The first-order valence-electron chi connectivity index (χ1n) is 8.98. The average Bonchev–Trinajstić information content (AvgIpc) is 3.10. The van der Waals surface area contributed by atoms with Gasteiger partial charge in [-0.3, -0.25) is 4.79 Å². The number of benzene rings is 3. The molecule has 0 aliphatic rings. The summed E-state index contributed by atoms with van der Waals surface area (Å²) in [6.45, 7) is 0.489. The molecule has 0 fully saturated rings. The van der Waals surface area contributed by atoms with Gasteiger partial charge in [0.2, 0.25) is 0 Å².